The van der Waals surface area contributed by atoms with Gasteiger partial charge < -0.3 is 14.4 Å². The second kappa shape index (κ2) is 6.08. The Hall–Kier alpha value is -1.53. The van der Waals surface area contributed by atoms with Crippen LogP contribution in [0.15, 0.2) is 24.3 Å². The third kappa shape index (κ3) is 3.93. The van der Waals surface area contributed by atoms with Crippen molar-refractivity contribution in [2.75, 3.05) is 11.4 Å². The number of carboxylic acid groups (broad SMARTS) is 1. The highest BCUT2D eigenvalue weighted by Gasteiger charge is 2.51. The average Bonchev–Trinajstić information content (AvgIpc) is 2.64. The molecule has 1 amide bonds. The van der Waals surface area contributed by atoms with Gasteiger partial charge in [0.05, 0.1) is 11.2 Å². The van der Waals surface area contributed by atoms with Gasteiger partial charge in [-0.3, -0.25) is 4.90 Å². The number of benzene rings is 1. The Kier molecular flexibility index (Phi) is 4.77. The van der Waals surface area contributed by atoms with Crippen molar-refractivity contribution in [2.45, 2.75) is 59.7 Å². The Labute approximate surface area is 145 Å². The lowest BCUT2D eigenvalue weighted by atomic mass is 9.79. The molecule has 0 aromatic heterocycles. The number of hydrogen-bond acceptors (Lipinski definition) is 3. The summed E-state index contributed by atoms with van der Waals surface area (Å²) in [6.07, 6.45) is -0.951. The lowest BCUT2D eigenvalue weighted by Crippen LogP contribution is -2.41. The molecule has 1 saturated heterocycles. The Morgan fingerprint density at radius 1 is 1.08 bits per heavy atom. The molecule has 0 bridgehead atoms. The predicted octanol–water partition coefficient (Wildman–Crippen LogP) is 3.52. The summed E-state index contributed by atoms with van der Waals surface area (Å²) in [5.41, 5.74) is 0.630. The van der Waals surface area contributed by atoms with E-state index in [0.717, 1.165) is 5.46 Å². The van der Waals surface area contributed by atoms with Crippen LogP contribution in [0.2, 0.25) is 0 Å². The van der Waals surface area contributed by atoms with Crippen LogP contribution in [0.25, 0.3) is 0 Å². The van der Waals surface area contributed by atoms with Gasteiger partial charge in [0, 0.05) is 12.2 Å². The van der Waals surface area contributed by atoms with Crippen LogP contribution in [0.1, 0.15) is 48.5 Å². The average molecular weight is 333 g/mol. The summed E-state index contributed by atoms with van der Waals surface area (Å²) < 4.78 is 12.1. The zero-order valence-electron chi connectivity index (χ0n) is 15.7. The smallest absolute Gasteiger partial charge is 0.465 e. The van der Waals surface area contributed by atoms with Crippen LogP contribution in [-0.4, -0.2) is 36.1 Å². The standard InChI is InChI=1S/C18H28BNO4/c1-16(2,3)12-20(15(21)22)14-10-8-13(9-11-14)19-23-17(4,5)18(6,7)24-19/h8-11H,12H2,1-7H3,(H,21,22). The summed E-state index contributed by atoms with van der Waals surface area (Å²) in [5, 5.41) is 9.48. The maximum absolute atomic E-state index is 11.6. The van der Waals surface area contributed by atoms with Gasteiger partial charge in [0.15, 0.2) is 0 Å². The first-order valence-electron chi connectivity index (χ1n) is 8.28. The lowest BCUT2D eigenvalue weighted by molar-refractivity contribution is 0.00578. The fraction of sp³-hybridized carbons (Fsp3) is 0.611. The van der Waals surface area contributed by atoms with Crippen molar-refractivity contribution in [1.29, 1.82) is 0 Å². The van der Waals surface area contributed by atoms with E-state index in [2.05, 4.69) is 0 Å². The fourth-order valence-corrected chi connectivity index (χ4v) is 2.53. The molecule has 1 aliphatic rings. The zero-order chi connectivity index (χ0) is 18.3. The normalized spacial score (nSPS) is 19.4. The van der Waals surface area contributed by atoms with E-state index >= 15 is 0 Å². The Balaban J connectivity index is 2.20. The summed E-state index contributed by atoms with van der Waals surface area (Å²) >= 11 is 0. The molecule has 1 heterocycles. The van der Waals surface area contributed by atoms with Crippen molar-refractivity contribution in [3.63, 3.8) is 0 Å². The van der Waals surface area contributed by atoms with Gasteiger partial charge in [-0.05, 0) is 50.7 Å². The van der Waals surface area contributed by atoms with Gasteiger partial charge in [-0.25, -0.2) is 4.79 Å². The van der Waals surface area contributed by atoms with Crippen LogP contribution in [0.4, 0.5) is 10.5 Å². The van der Waals surface area contributed by atoms with E-state index < -0.39 is 24.4 Å². The van der Waals surface area contributed by atoms with Crippen molar-refractivity contribution in [3.05, 3.63) is 24.3 Å². The minimum atomic E-state index is -0.951. The van der Waals surface area contributed by atoms with Gasteiger partial charge in [0.2, 0.25) is 0 Å². The molecule has 0 saturated carbocycles. The van der Waals surface area contributed by atoms with Gasteiger partial charge in [0.1, 0.15) is 0 Å². The largest absolute Gasteiger partial charge is 0.494 e. The van der Waals surface area contributed by atoms with Crippen LogP contribution >= 0.6 is 0 Å². The van der Waals surface area contributed by atoms with Gasteiger partial charge in [-0.2, -0.15) is 0 Å². The Bertz CT molecular complexity index is 588. The number of carbonyl (C=O) groups is 1. The first-order chi connectivity index (χ1) is 10.8. The second-order valence-corrected chi connectivity index (χ2v) is 8.61. The van der Waals surface area contributed by atoms with Crippen LogP contribution in [0, 0.1) is 5.41 Å². The maximum Gasteiger partial charge on any atom is 0.494 e. The van der Waals surface area contributed by atoms with E-state index in [9.17, 15) is 9.90 Å². The number of nitrogens with zero attached hydrogens (tertiary/aromatic N) is 1. The molecule has 6 heteroatoms. The van der Waals surface area contributed by atoms with E-state index in [-0.39, 0.29) is 5.41 Å². The van der Waals surface area contributed by atoms with Gasteiger partial charge in [-0.1, -0.05) is 32.9 Å². The predicted molar refractivity (Wildman–Crippen MR) is 97.0 cm³/mol. The molecule has 0 aliphatic carbocycles. The van der Waals surface area contributed by atoms with Gasteiger partial charge >= 0.3 is 13.2 Å². The van der Waals surface area contributed by atoms with Crippen LogP contribution < -0.4 is 10.4 Å². The molecule has 132 valence electrons. The first-order valence-corrected chi connectivity index (χ1v) is 8.28. The maximum atomic E-state index is 11.6. The fourth-order valence-electron chi connectivity index (χ4n) is 2.53. The van der Waals surface area contributed by atoms with Crippen molar-refractivity contribution in [3.8, 4) is 0 Å². The molecule has 1 aliphatic heterocycles. The Morgan fingerprint density at radius 2 is 1.54 bits per heavy atom. The molecule has 0 atom stereocenters. The van der Waals surface area contributed by atoms with Crippen molar-refractivity contribution < 1.29 is 19.2 Å². The van der Waals surface area contributed by atoms with E-state index in [1.807, 2.05) is 60.6 Å². The summed E-state index contributed by atoms with van der Waals surface area (Å²) in [7, 11) is -0.440. The first kappa shape index (κ1) is 18.8. The monoisotopic (exact) mass is 333 g/mol. The van der Waals surface area contributed by atoms with Gasteiger partial charge in [-0.15, -0.1) is 0 Å². The van der Waals surface area contributed by atoms with Crippen LogP contribution in [0.5, 0.6) is 0 Å². The molecule has 1 fully saturated rings. The third-order valence-corrected chi connectivity index (χ3v) is 4.59. The van der Waals surface area contributed by atoms with Gasteiger partial charge in [0.25, 0.3) is 0 Å². The van der Waals surface area contributed by atoms with Crippen molar-refractivity contribution in [2.24, 2.45) is 5.41 Å². The molecule has 1 N–H and O–H groups in total. The molecule has 0 spiro atoms. The van der Waals surface area contributed by atoms with E-state index in [4.69, 9.17) is 9.31 Å². The second-order valence-electron chi connectivity index (χ2n) is 8.61. The van der Waals surface area contributed by atoms with E-state index in [1.165, 1.54) is 4.90 Å². The highest BCUT2D eigenvalue weighted by molar-refractivity contribution is 6.62. The molecular formula is C18H28BNO4. The number of rotatable bonds is 3. The van der Waals surface area contributed by atoms with Crippen LogP contribution in [-0.2, 0) is 9.31 Å². The summed E-state index contributed by atoms with van der Waals surface area (Å²) in [6, 6.07) is 7.35. The summed E-state index contributed by atoms with van der Waals surface area (Å²) in [5.74, 6) is 0. The molecule has 1 aromatic carbocycles. The topological polar surface area (TPSA) is 59.0 Å². The van der Waals surface area contributed by atoms with Crippen molar-refractivity contribution >= 4 is 24.4 Å². The minimum Gasteiger partial charge on any atom is -0.465 e. The summed E-state index contributed by atoms with van der Waals surface area (Å²) in [6.45, 7) is 14.5. The molecular weight excluding hydrogens is 305 g/mol. The quantitative estimate of drug-likeness (QED) is 0.860. The minimum absolute atomic E-state index is 0.122. The lowest BCUT2D eigenvalue weighted by Gasteiger charge is -2.32. The van der Waals surface area contributed by atoms with E-state index in [1.54, 1.807) is 12.1 Å². The molecule has 1 aromatic rings. The molecule has 24 heavy (non-hydrogen) atoms. The number of anilines is 1. The number of amides is 1. The Morgan fingerprint density at radius 3 is 1.92 bits per heavy atom. The highest BCUT2D eigenvalue weighted by Crippen LogP contribution is 2.36. The van der Waals surface area contributed by atoms with Crippen LogP contribution in [0.3, 0.4) is 0 Å². The molecule has 0 unspecified atom stereocenters. The summed E-state index contributed by atoms with van der Waals surface area (Å²) in [4.78, 5) is 12.9. The highest BCUT2D eigenvalue weighted by atomic mass is 16.7. The zero-order valence-corrected chi connectivity index (χ0v) is 15.7. The van der Waals surface area contributed by atoms with Crippen molar-refractivity contribution in [1.82, 2.24) is 0 Å². The molecule has 5 nitrogen and oxygen atoms in total. The number of hydrogen-bond donors (Lipinski definition) is 1. The molecule has 2 rings (SSSR count). The van der Waals surface area contributed by atoms with E-state index in [0.29, 0.717) is 12.2 Å². The molecule has 0 radical (unpaired) electrons. The third-order valence-electron chi connectivity index (χ3n) is 4.59. The SMILES string of the molecule is CC(C)(C)CN(C(=O)O)c1ccc(B2OC(C)(C)C(C)(C)O2)cc1.